The Bertz CT molecular complexity index is 333. The molecule has 0 spiro atoms. The Morgan fingerprint density at radius 2 is 2.20 bits per heavy atom. The van der Waals surface area contributed by atoms with Crippen LogP contribution in [0.4, 0.5) is 0 Å². The summed E-state index contributed by atoms with van der Waals surface area (Å²) in [5, 5.41) is 22.4. The summed E-state index contributed by atoms with van der Waals surface area (Å²) in [7, 11) is 1.70. The molecule has 0 fully saturated rings. The standard InChI is InChI=1S/C10H15ClN2O2/c1-6-3-7(10(11)13-4-6)9(15)8(14)5-12-2/h3-4,8-9,12,14-15H,5H2,1-2H3. The number of likely N-dealkylation sites (N-methyl/N-ethyl adjacent to an activating group) is 1. The smallest absolute Gasteiger partial charge is 0.134 e. The van der Waals surface area contributed by atoms with E-state index < -0.39 is 12.2 Å². The van der Waals surface area contributed by atoms with Gasteiger partial charge in [-0.3, -0.25) is 0 Å². The van der Waals surface area contributed by atoms with E-state index >= 15 is 0 Å². The molecule has 0 saturated heterocycles. The summed E-state index contributed by atoms with van der Waals surface area (Å²) in [5.41, 5.74) is 1.35. The lowest BCUT2D eigenvalue weighted by atomic mass is 10.1. The average Bonchev–Trinajstić information content (AvgIpc) is 2.21. The highest BCUT2D eigenvalue weighted by atomic mass is 35.5. The number of hydrogen-bond acceptors (Lipinski definition) is 4. The van der Waals surface area contributed by atoms with Gasteiger partial charge in [-0.25, -0.2) is 4.98 Å². The maximum Gasteiger partial charge on any atom is 0.134 e. The number of nitrogens with one attached hydrogen (secondary N) is 1. The molecule has 4 nitrogen and oxygen atoms in total. The molecule has 0 radical (unpaired) electrons. The highest BCUT2D eigenvalue weighted by Gasteiger charge is 2.20. The second-order valence-electron chi connectivity index (χ2n) is 3.46. The summed E-state index contributed by atoms with van der Waals surface area (Å²) < 4.78 is 0. The average molecular weight is 231 g/mol. The van der Waals surface area contributed by atoms with Crippen molar-refractivity contribution in [3.05, 3.63) is 28.5 Å². The molecule has 0 aromatic carbocycles. The lowest BCUT2D eigenvalue weighted by molar-refractivity contribution is 0.0201. The topological polar surface area (TPSA) is 65.4 Å². The first-order chi connectivity index (χ1) is 7.06. The maximum atomic E-state index is 9.81. The van der Waals surface area contributed by atoms with E-state index in [1.807, 2.05) is 6.92 Å². The summed E-state index contributed by atoms with van der Waals surface area (Å²) in [6.45, 7) is 2.15. The first kappa shape index (κ1) is 12.4. The van der Waals surface area contributed by atoms with Gasteiger partial charge in [-0.2, -0.15) is 0 Å². The van der Waals surface area contributed by atoms with Crippen molar-refractivity contribution in [1.82, 2.24) is 10.3 Å². The Labute approximate surface area is 93.9 Å². The van der Waals surface area contributed by atoms with Gasteiger partial charge in [0.05, 0.1) is 6.10 Å². The molecule has 0 aliphatic rings. The molecule has 1 heterocycles. The van der Waals surface area contributed by atoms with Crippen LogP contribution in [0.5, 0.6) is 0 Å². The van der Waals surface area contributed by atoms with Crippen molar-refractivity contribution < 1.29 is 10.2 Å². The predicted molar refractivity (Wildman–Crippen MR) is 58.9 cm³/mol. The molecule has 1 aromatic heterocycles. The number of halogens is 1. The van der Waals surface area contributed by atoms with Crippen LogP contribution in [0.3, 0.4) is 0 Å². The molecule has 1 rings (SSSR count). The van der Waals surface area contributed by atoms with Crippen LogP contribution in [0.25, 0.3) is 0 Å². The molecule has 0 aliphatic carbocycles. The number of hydrogen-bond donors (Lipinski definition) is 3. The molecule has 1 aromatic rings. The fraction of sp³-hybridized carbons (Fsp3) is 0.500. The maximum absolute atomic E-state index is 9.81. The van der Waals surface area contributed by atoms with Gasteiger partial charge in [0.15, 0.2) is 0 Å². The number of aryl methyl sites for hydroxylation is 1. The molecule has 5 heteroatoms. The predicted octanol–water partition coefficient (Wildman–Crippen LogP) is 0.657. The van der Waals surface area contributed by atoms with Gasteiger partial charge in [0, 0.05) is 18.3 Å². The van der Waals surface area contributed by atoms with Gasteiger partial charge in [0.25, 0.3) is 0 Å². The van der Waals surface area contributed by atoms with Gasteiger partial charge in [0.1, 0.15) is 11.3 Å². The highest BCUT2D eigenvalue weighted by Crippen LogP contribution is 2.24. The van der Waals surface area contributed by atoms with E-state index in [0.29, 0.717) is 12.1 Å². The van der Waals surface area contributed by atoms with Gasteiger partial charge >= 0.3 is 0 Å². The van der Waals surface area contributed by atoms with Gasteiger partial charge in [0.2, 0.25) is 0 Å². The quantitative estimate of drug-likeness (QED) is 0.665. The van der Waals surface area contributed by atoms with E-state index in [1.165, 1.54) is 0 Å². The van der Waals surface area contributed by atoms with Crippen molar-refractivity contribution in [2.24, 2.45) is 0 Å². The molecule has 84 valence electrons. The Morgan fingerprint density at radius 1 is 1.53 bits per heavy atom. The van der Waals surface area contributed by atoms with E-state index in [4.69, 9.17) is 11.6 Å². The van der Waals surface area contributed by atoms with Crippen molar-refractivity contribution in [2.75, 3.05) is 13.6 Å². The van der Waals surface area contributed by atoms with Crippen LogP contribution in [-0.2, 0) is 0 Å². The Kier molecular flexibility index (Phi) is 4.47. The second-order valence-corrected chi connectivity index (χ2v) is 3.82. The van der Waals surface area contributed by atoms with E-state index in [1.54, 1.807) is 19.3 Å². The largest absolute Gasteiger partial charge is 0.389 e. The number of nitrogens with zero attached hydrogens (tertiary/aromatic N) is 1. The van der Waals surface area contributed by atoms with Crippen LogP contribution in [-0.4, -0.2) is 34.9 Å². The zero-order chi connectivity index (χ0) is 11.4. The highest BCUT2D eigenvalue weighted by molar-refractivity contribution is 6.30. The molecule has 3 N–H and O–H groups in total. The van der Waals surface area contributed by atoms with Crippen molar-refractivity contribution in [1.29, 1.82) is 0 Å². The van der Waals surface area contributed by atoms with E-state index in [2.05, 4.69) is 10.3 Å². The minimum Gasteiger partial charge on any atom is -0.389 e. The Hall–Kier alpha value is -0.680. The molecule has 0 saturated carbocycles. The monoisotopic (exact) mass is 230 g/mol. The van der Waals surface area contributed by atoms with E-state index in [-0.39, 0.29) is 5.15 Å². The van der Waals surface area contributed by atoms with Crippen molar-refractivity contribution in [2.45, 2.75) is 19.1 Å². The Balaban J connectivity index is 2.89. The zero-order valence-corrected chi connectivity index (χ0v) is 9.49. The Morgan fingerprint density at radius 3 is 2.80 bits per heavy atom. The number of pyridine rings is 1. The third-order valence-corrected chi connectivity index (χ3v) is 2.42. The summed E-state index contributed by atoms with van der Waals surface area (Å²) in [6, 6.07) is 1.72. The lowest BCUT2D eigenvalue weighted by Crippen LogP contribution is -2.29. The van der Waals surface area contributed by atoms with E-state index in [9.17, 15) is 10.2 Å². The molecule has 2 atom stereocenters. The lowest BCUT2D eigenvalue weighted by Gasteiger charge is -2.18. The fourth-order valence-electron chi connectivity index (χ4n) is 1.31. The van der Waals surface area contributed by atoms with Crippen molar-refractivity contribution in [3.8, 4) is 0 Å². The summed E-state index contributed by atoms with van der Waals surface area (Å²) in [6.07, 6.45) is -0.295. The van der Waals surface area contributed by atoms with Gasteiger partial charge in [-0.1, -0.05) is 11.6 Å². The first-order valence-corrected chi connectivity index (χ1v) is 5.06. The summed E-state index contributed by atoms with van der Waals surface area (Å²) >= 11 is 5.83. The zero-order valence-electron chi connectivity index (χ0n) is 8.74. The molecular formula is C10H15ClN2O2. The number of aliphatic hydroxyl groups excluding tert-OH is 2. The first-order valence-electron chi connectivity index (χ1n) is 4.69. The molecule has 0 amide bonds. The van der Waals surface area contributed by atoms with Crippen LogP contribution < -0.4 is 5.32 Å². The fourth-order valence-corrected chi connectivity index (χ4v) is 1.53. The third kappa shape index (κ3) is 3.14. The van der Waals surface area contributed by atoms with Gasteiger partial charge < -0.3 is 15.5 Å². The third-order valence-electron chi connectivity index (χ3n) is 2.10. The summed E-state index contributed by atoms with van der Waals surface area (Å²) in [4.78, 5) is 3.92. The normalized spacial score (nSPS) is 15.0. The van der Waals surface area contributed by atoms with Crippen LogP contribution in [0.15, 0.2) is 12.3 Å². The molecule has 0 aliphatic heterocycles. The molecule has 0 bridgehead atoms. The summed E-state index contributed by atoms with van der Waals surface area (Å²) in [5.74, 6) is 0. The van der Waals surface area contributed by atoms with Crippen molar-refractivity contribution in [3.63, 3.8) is 0 Å². The molecule has 2 unspecified atom stereocenters. The number of aliphatic hydroxyl groups is 2. The van der Waals surface area contributed by atoms with Crippen LogP contribution in [0.2, 0.25) is 5.15 Å². The minimum atomic E-state index is -1.02. The van der Waals surface area contributed by atoms with Crippen LogP contribution in [0.1, 0.15) is 17.2 Å². The minimum absolute atomic E-state index is 0.225. The second kappa shape index (κ2) is 5.42. The van der Waals surface area contributed by atoms with Crippen LogP contribution in [0, 0.1) is 6.92 Å². The van der Waals surface area contributed by atoms with Crippen molar-refractivity contribution >= 4 is 11.6 Å². The van der Waals surface area contributed by atoms with Crippen LogP contribution >= 0.6 is 11.6 Å². The SMILES string of the molecule is CNCC(O)C(O)c1cc(C)cnc1Cl. The van der Waals surface area contributed by atoms with Gasteiger partial charge in [-0.15, -0.1) is 0 Å². The number of aromatic nitrogens is 1. The van der Waals surface area contributed by atoms with Gasteiger partial charge in [-0.05, 0) is 25.6 Å². The molecule has 15 heavy (non-hydrogen) atoms. The number of rotatable bonds is 4. The molecular weight excluding hydrogens is 216 g/mol. The van der Waals surface area contributed by atoms with E-state index in [0.717, 1.165) is 5.56 Å².